The maximum absolute atomic E-state index is 12.6. The predicted molar refractivity (Wildman–Crippen MR) is 133 cm³/mol. The Balaban J connectivity index is 1.62. The van der Waals surface area contributed by atoms with E-state index in [2.05, 4.69) is 29.2 Å². The second-order valence-electron chi connectivity index (χ2n) is 8.54. The Morgan fingerprint density at radius 1 is 1.15 bits per heavy atom. The molecule has 1 N–H and O–H groups in total. The Kier molecular flexibility index (Phi) is 6.52. The molecule has 0 saturated carbocycles. The molecule has 6 heteroatoms. The highest BCUT2D eigenvalue weighted by Crippen LogP contribution is 2.40. The quantitative estimate of drug-likeness (QED) is 0.665. The number of nitrogens with zero attached hydrogens (tertiary/aromatic N) is 2. The van der Waals surface area contributed by atoms with Gasteiger partial charge in [0.05, 0.1) is 11.7 Å². The molecule has 6 nitrogen and oxygen atoms in total. The first kappa shape index (κ1) is 23.3. The minimum absolute atomic E-state index is 0.0762. The van der Waals surface area contributed by atoms with Crippen molar-refractivity contribution in [2.75, 3.05) is 19.0 Å². The van der Waals surface area contributed by atoms with Gasteiger partial charge < -0.3 is 14.7 Å². The van der Waals surface area contributed by atoms with Crippen LogP contribution < -0.4 is 4.90 Å². The standard InChI is InChI=1S/C28H28N2O4/c1-20-22(7-4-6-21-9-15-25(16-10-21)29(2)3)17-18-28(34-20,30-19-5-8-26(30)31)24-13-11-23(12-14-24)27(32)33/h4-7,9-20H,8H2,1-3H3,(H,32,33). The van der Waals surface area contributed by atoms with Crippen molar-refractivity contribution in [2.24, 2.45) is 0 Å². The van der Waals surface area contributed by atoms with Crippen LogP contribution in [0.4, 0.5) is 5.69 Å². The summed E-state index contributed by atoms with van der Waals surface area (Å²) in [5.74, 6) is -1.08. The zero-order valence-corrected chi connectivity index (χ0v) is 19.5. The summed E-state index contributed by atoms with van der Waals surface area (Å²) < 4.78 is 6.48. The molecule has 2 aliphatic heterocycles. The molecule has 2 aliphatic rings. The lowest BCUT2D eigenvalue weighted by molar-refractivity contribution is -0.161. The Labute approximate surface area is 199 Å². The molecule has 2 atom stereocenters. The van der Waals surface area contributed by atoms with E-state index in [0.717, 1.165) is 16.8 Å². The summed E-state index contributed by atoms with van der Waals surface area (Å²) in [5, 5.41) is 9.25. The van der Waals surface area contributed by atoms with Gasteiger partial charge in [0, 0.05) is 38.0 Å². The van der Waals surface area contributed by atoms with Gasteiger partial charge >= 0.3 is 5.97 Å². The highest BCUT2D eigenvalue weighted by molar-refractivity contribution is 5.87. The normalized spacial score (nSPS) is 23.3. The molecule has 2 aromatic rings. The van der Waals surface area contributed by atoms with Crippen molar-refractivity contribution in [1.82, 2.24) is 4.90 Å². The number of rotatable bonds is 6. The van der Waals surface area contributed by atoms with Gasteiger partial charge in [0.2, 0.25) is 5.91 Å². The van der Waals surface area contributed by atoms with Crippen molar-refractivity contribution >= 4 is 23.6 Å². The number of hydrogen-bond donors (Lipinski definition) is 1. The fourth-order valence-corrected chi connectivity index (χ4v) is 4.09. The fourth-order valence-electron chi connectivity index (χ4n) is 4.09. The van der Waals surface area contributed by atoms with E-state index in [4.69, 9.17) is 4.74 Å². The number of allylic oxidation sites excluding steroid dienone is 2. The summed E-state index contributed by atoms with van der Waals surface area (Å²) in [7, 11) is 4.02. The van der Waals surface area contributed by atoms with Crippen LogP contribution in [0.5, 0.6) is 0 Å². The second kappa shape index (κ2) is 9.53. The van der Waals surface area contributed by atoms with Crippen molar-refractivity contribution in [3.8, 4) is 0 Å². The first-order valence-corrected chi connectivity index (χ1v) is 11.2. The number of hydrogen-bond acceptors (Lipinski definition) is 4. The first-order chi connectivity index (χ1) is 16.3. The average Bonchev–Trinajstić information content (AvgIpc) is 3.27. The Morgan fingerprint density at radius 2 is 1.85 bits per heavy atom. The monoisotopic (exact) mass is 456 g/mol. The topological polar surface area (TPSA) is 70.1 Å². The molecule has 34 heavy (non-hydrogen) atoms. The van der Waals surface area contributed by atoms with Crippen LogP contribution in [0.1, 0.15) is 34.8 Å². The third kappa shape index (κ3) is 4.58. The van der Waals surface area contributed by atoms with Crippen LogP contribution >= 0.6 is 0 Å². The summed E-state index contributed by atoms with van der Waals surface area (Å²) >= 11 is 0. The van der Waals surface area contributed by atoms with E-state index in [-0.39, 0.29) is 17.6 Å². The molecule has 0 saturated heterocycles. The molecule has 0 bridgehead atoms. The van der Waals surface area contributed by atoms with Gasteiger partial charge in [0.25, 0.3) is 0 Å². The van der Waals surface area contributed by atoms with Crippen LogP contribution in [0.3, 0.4) is 0 Å². The van der Waals surface area contributed by atoms with Gasteiger partial charge in [-0.1, -0.05) is 54.6 Å². The van der Waals surface area contributed by atoms with Gasteiger partial charge in [0.1, 0.15) is 0 Å². The van der Waals surface area contributed by atoms with Crippen LogP contribution in [0.2, 0.25) is 0 Å². The van der Waals surface area contributed by atoms with Crippen LogP contribution in [0.25, 0.3) is 6.08 Å². The summed E-state index contributed by atoms with van der Waals surface area (Å²) in [6.45, 7) is 1.94. The van der Waals surface area contributed by atoms with E-state index >= 15 is 0 Å². The van der Waals surface area contributed by atoms with E-state index in [1.54, 1.807) is 29.3 Å². The zero-order chi connectivity index (χ0) is 24.3. The summed E-state index contributed by atoms with van der Waals surface area (Å²) in [5.41, 5.74) is 2.94. The van der Waals surface area contributed by atoms with Crippen molar-refractivity contribution < 1.29 is 19.4 Å². The number of aromatic carboxylic acids is 1. The van der Waals surface area contributed by atoms with Crippen LogP contribution in [0, 0.1) is 0 Å². The maximum Gasteiger partial charge on any atom is 0.335 e. The lowest BCUT2D eigenvalue weighted by atomic mass is 9.93. The number of carbonyl (C=O) groups is 2. The third-order valence-electron chi connectivity index (χ3n) is 6.03. The largest absolute Gasteiger partial charge is 0.478 e. The van der Waals surface area contributed by atoms with Gasteiger partial charge in [-0.05, 0) is 48.4 Å². The Bertz CT molecular complexity index is 1190. The van der Waals surface area contributed by atoms with Gasteiger partial charge in [0.15, 0.2) is 5.72 Å². The molecule has 0 fully saturated rings. The van der Waals surface area contributed by atoms with Crippen molar-refractivity contribution in [3.05, 3.63) is 107 Å². The number of ether oxygens (including phenoxy) is 1. The number of carbonyl (C=O) groups excluding carboxylic acids is 1. The highest BCUT2D eigenvalue weighted by Gasteiger charge is 2.44. The third-order valence-corrected chi connectivity index (χ3v) is 6.03. The van der Waals surface area contributed by atoms with Gasteiger partial charge in [-0.2, -0.15) is 0 Å². The molecular weight excluding hydrogens is 428 g/mol. The van der Waals surface area contributed by atoms with E-state index in [1.807, 2.05) is 51.4 Å². The lowest BCUT2D eigenvalue weighted by Gasteiger charge is -2.43. The van der Waals surface area contributed by atoms with Crippen molar-refractivity contribution in [1.29, 1.82) is 0 Å². The number of carboxylic acids is 1. The van der Waals surface area contributed by atoms with Gasteiger partial charge in [-0.15, -0.1) is 0 Å². The van der Waals surface area contributed by atoms with Gasteiger partial charge in [-0.25, -0.2) is 4.79 Å². The fraction of sp³-hybridized carbons (Fsp3) is 0.214. The lowest BCUT2D eigenvalue weighted by Crippen LogP contribution is -2.49. The van der Waals surface area contributed by atoms with Crippen LogP contribution in [-0.2, 0) is 15.3 Å². The predicted octanol–water partition coefficient (Wildman–Crippen LogP) is 4.96. The van der Waals surface area contributed by atoms with E-state index in [9.17, 15) is 14.7 Å². The molecular formula is C28H28N2O4. The molecule has 0 aromatic heterocycles. The molecule has 2 aromatic carbocycles. The number of carboxylic acid groups (broad SMARTS) is 1. The number of benzene rings is 2. The molecule has 4 rings (SSSR count). The summed E-state index contributed by atoms with van der Waals surface area (Å²) in [4.78, 5) is 27.6. The molecule has 0 aliphatic carbocycles. The average molecular weight is 457 g/mol. The van der Waals surface area contributed by atoms with E-state index in [1.165, 1.54) is 12.1 Å². The minimum atomic E-state index is -1.14. The molecule has 2 heterocycles. The van der Waals surface area contributed by atoms with Crippen LogP contribution in [-0.4, -0.2) is 42.1 Å². The highest BCUT2D eigenvalue weighted by atomic mass is 16.5. The van der Waals surface area contributed by atoms with Crippen LogP contribution in [0.15, 0.2) is 90.7 Å². The Morgan fingerprint density at radius 3 is 2.41 bits per heavy atom. The molecule has 0 radical (unpaired) electrons. The second-order valence-corrected chi connectivity index (χ2v) is 8.54. The smallest absolute Gasteiger partial charge is 0.335 e. The Hall–Kier alpha value is -3.90. The molecule has 1 amide bonds. The minimum Gasteiger partial charge on any atom is -0.478 e. The number of anilines is 1. The number of amides is 1. The molecule has 2 unspecified atom stereocenters. The molecule has 0 spiro atoms. The maximum atomic E-state index is 12.6. The summed E-state index contributed by atoms with van der Waals surface area (Å²) in [6.07, 6.45) is 13.4. The molecule has 174 valence electrons. The summed E-state index contributed by atoms with van der Waals surface area (Å²) in [6, 6.07) is 14.7. The van der Waals surface area contributed by atoms with E-state index in [0.29, 0.717) is 12.0 Å². The van der Waals surface area contributed by atoms with Crippen molar-refractivity contribution in [3.63, 3.8) is 0 Å². The zero-order valence-electron chi connectivity index (χ0n) is 19.5. The first-order valence-electron chi connectivity index (χ1n) is 11.2. The van der Waals surface area contributed by atoms with E-state index < -0.39 is 11.7 Å². The van der Waals surface area contributed by atoms with Crippen molar-refractivity contribution in [2.45, 2.75) is 25.2 Å². The van der Waals surface area contributed by atoms with Gasteiger partial charge in [-0.3, -0.25) is 9.69 Å². The SMILES string of the molecule is CC1OC(c2ccc(C(=O)O)cc2)(N2C=CCC2=O)C=CC1=CC=Cc1ccc(N(C)C)cc1.